The summed E-state index contributed by atoms with van der Waals surface area (Å²) in [6, 6.07) is 5.77. The van der Waals surface area contributed by atoms with Crippen LogP contribution in [0.25, 0.3) is 5.69 Å². The van der Waals surface area contributed by atoms with Crippen LogP contribution in [0.5, 0.6) is 5.75 Å². The molecule has 1 amide bonds. The van der Waals surface area contributed by atoms with Crippen LogP contribution in [-0.4, -0.2) is 58.3 Å². The lowest BCUT2D eigenvalue weighted by Gasteiger charge is -2.46. The van der Waals surface area contributed by atoms with E-state index in [1.54, 1.807) is 19.6 Å². The molecule has 10 nitrogen and oxygen atoms in total. The largest absolute Gasteiger partial charge is 0.494 e. The van der Waals surface area contributed by atoms with Crippen LogP contribution in [0, 0.1) is 6.92 Å². The highest BCUT2D eigenvalue weighted by atomic mass is 16.5. The van der Waals surface area contributed by atoms with E-state index in [4.69, 9.17) is 14.5 Å². The normalized spacial score (nSPS) is 17.1. The summed E-state index contributed by atoms with van der Waals surface area (Å²) in [5.41, 5.74) is 2.54. The second-order valence-electron chi connectivity index (χ2n) is 8.02. The fourth-order valence-corrected chi connectivity index (χ4v) is 4.29. The van der Waals surface area contributed by atoms with Crippen LogP contribution in [0.1, 0.15) is 18.5 Å². The van der Waals surface area contributed by atoms with Crippen molar-refractivity contribution in [1.82, 2.24) is 19.5 Å². The molecular formula is C22H25N7O3. The molecule has 1 aromatic carbocycles. The summed E-state index contributed by atoms with van der Waals surface area (Å²) >= 11 is 0. The number of benzene rings is 1. The standard InChI is InChI=1S/C22H25N7O3/c1-14-12-29(13-24-14)17-5-4-15(10-18(17)31-3)25-21-23-11-16-19(27-21)28(2)22(20(30)26-16)6-8-32-9-7-22/h4-5,10-13H,6-9H2,1-3H3,(H,26,30)(H,23,25,27). The number of hydrogen-bond donors (Lipinski definition) is 2. The van der Waals surface area contributed by atoms with Crippen molar-refractivity contribution in [2.75, 3.05) is 42.9 Å². The number of carbonyl (C=O) groups excluding carboxylic acids is 1. The quantitative estimate of drug-likeness (QED) is 0.644. The summed E-state index contributed by atoms with van der Waals surface area (Å²) in [6.45, 7) is 3.04. The summed E-state index contributed by atoms with van der Waals surface area (Å²) in [4.78, 5) is 28.2. The first-order valence-corrected chi connectivity index (χ1v) is 10.5. The van der Waals surface area contributed by atoms with E-state index in [2.05, 4.69) is 20.6 Å². The van der Waals surface area contributed by atoms with Crippen LogP contribution in [-0.2, 0) is 9.53 Å². The van der Waals surface area contributed by atoms with Crippen LogP contribution in [0.15, 0.2) is 36.9 Å². The Kier molecular flexibility index (Phi) is 4.93. The van der Waals surface area contributed by atoms with Crippen LogP contribution in [0.3, 0.4) is 0 Å². The van der Waals surface area contributed by atoms with Crippen molar-refractivity contribution in [3.63, 3.8) is 0 Å². The van der Waals surface area contributed by atoms with E-state index in [-0.39, 0.29) is 5.91 Å². The zero-order chi connectivity index (χ0) is 22.3. The first-order valence-electron chi connectivity index (χ1n) is 10.5. The summed E-state index contributed by atoms with van der Waals surface area (Å²) in [7, 11) is 3.54. The topological polar surface area (TPSA) is 106 Å². The number of carbonyl (C=O) groups is 1. The van der Waals surface area contributed by atoms with Gasteiger partial charge in [0.2, 0.25) is 5.95 Å². The van der Waals surface area contributed by atoms with Gasteiger partial charge in [-0.15, -0.1) is 0 Å². The zero-order valence-electron chi connectivity index (χ0n) is 18.3. The number of methoxy groups -OCH3 is 1. The minimum Gasteiger partial charge on any atom is -0.494 e. The van der Waals surface area contributed by atoms with E-state index in [9.17, 15) is 4.79 Å². The molecule has 0 radical (unpaired) electrons. The van der Waals surface area contributed by atoms with Crippen molar-refractivity contribution in [2.45, 2.75) is 25.3 Å². The smallest absolute Gasteiger partial charge is 0.250 e. The zero-order valence-corrected chi connectivity index (χ0v) is 18.3. The Hall–Kier alpha value is -3.66. The van der Waals surface area contributed by atoms with Crippen LogP contribution in [0.2, 0.25) is 0 Å². The first-order chi connectivity index (χ1) is 15.5. The average Bonchev–Trinajstić information content (AvgIpc) is 3.25. The fraction of sp³-hybridized carbons (Fsp3) is 0.364. The minimum absolute atomic E-state index is 0.0322. The summed E-state index contributed by atoms with van der Waals surface area (Å²) in [5.74, 6) is 1.77. The molecule has 10 heteroatoms. The molecule has 1 saturated heterocycles. The van der Waals surface area contributed by atoms with Crippen molar-refractivity contribution in [3.05, 3.63) is 42.6 Å². The number of aromatic nitrogens is 4. The highest BCUT2D eigenvalue weighted by Gasteiger charge is 2.48. The van der Waals surface area contributed by atoms with Gasteiger partial charge < -0.3 is 29.6 Å². The van der Waals surface area contributed by atoms with E-state index in [0.29, 0.717) is 49.3 Å². The monoisotopic (exact) mass is 435 g/mol. The highest BCUT2D eigenvalue weighted by Crippen LogP contribution is 2.39. The molecule has 2 aliphatic rings. The lowest BCUT2D eigenvalue weighted by atomic mass is 9.85. The third-order valence-corrected chi connectivity index (χ3v) is 6.14. The van der Waals surface area contributed by atoms with Crippen LogP contribution >= 0.6 is 0 Å². The molecule has 32 heavy (non-hydrogen) atoms. The van der Waals surface area contributed by atoms with Gasteiger partial charge in [0.25, 0.3) is 5.91 Å². The lowest BCUT2D eigenvalue weighted by molar-refractivity contribution is -0.124. The molecule has 2 aliphatic heterocycles. The summed E-state index contributed by atoms with van der Waals surface area (Å²) in [6.07, 6.45) is 6.56. The molecule has 166 valence electrons. The van der Waals surface area contributed by atoms with Gasteiger partial charge in [-0.25, -0.2) is 9.97 Å². The molecule has 1 fully saturated rings. The van der Waals surface area contributed by atoms with Crippen molar-refractivity contribution in [2.24, 2.45) is 0 Å². The number of ether oxygens (including phenoxy) is 2. The summed E-state index contributed by atoms with van der Waals surface area (Å²) < 4.78 is 13.0. The summed E-state index contributed by atoms with van der Waals surface area (Å²) in [5, 5.41) is 6.21. The first kappa shape index (κ1) is 20.3. The maximum atomic E-state index is 12.8. The molecule has 0 bridgehead atoms. The van der Waals surface area contributed by atoms with Crippen molar-refractivity contribution >= 4 is 29.0 Å². The van der Waals surface area contributed by atoms with Gasteiger partial charge in [0.05, 0.1) is 31.0 Å². The highest BCUT2D eigenvalue weighted by molar-refractivity contribution is 6.05. The SMILES string of the molecule is COc1cc(Nc2ncc3c(n2)N(C)C2(CCOCC2)C(=O)N3)ccc1-n1cnc(C)c1. The molecule has 2 aromatic heterocycles. The van der Waals surface area contributed by atoms with E-state index in [1.165, 1.54) is 0 Å². The number of hydrogen-bond acceptors (Lipinski definition) is 8. The number of nitrogens with zero attached hydrogens (tertiary/aromatic N) is 5. The van der Waals surface area contributed by atoms with Gasteiger partial charge >= 0.3 is 0 Å². The van der Waals surface area contributed by atoms with Crippen molar-refractivity contribution < 1.29 is 14.3 Å². The van der Waals surface area contributed by atoms with Crippen molar-refractivity contribution in [1.29, 1.82) is 0 Å². The maximum Gasteiger partial charge on any atom is 0.250 e. The van der Waals surface area contributed by atoms with Gasteiger partial charge in [0.1, 0.15) is 17.0 Å². The van der Waals surface area contributed by atoms with Gasteiger partial charge in [-0.1, -0.05) is 0 Å². The Morgan fingerprint density at radius 3 is 2.78 bits per heavy atom. The van der Waals surface area contributed by atoms with Gasteiger partial charge in [0.15, 0.2) is 5.82 Å². The van der Waals surface area contributed by atoms with E-state index in [0.717, 1.165) is 17.1 Å². The molecule has 0 saturated carbocycles. The third-order valence-electron chi connectivity index (χ3n) is 6.14. The van der Waals surface area contributed by atoms with E-state index >= 15 is 0 Å². The van der Waals surface area contributed by atoms with Gasteiger partial charge in [0, 0.05) is 51.1 Å². The van der Waals surface area contributed by atoms with E-state index in [1.807, 2.05) is 47.8 Å². The van der Waals surface area contributed by atoms with Crippen LogP contribution in [0.4, 0.5) is 23.1 Å². The minimum atomic E-state index is -0.648. The Balaban J connectivity index is 1.43. The number of likely N-dealkylation sites (N-methyl/N-ethyl adjacent to an activating group) is 1. The molecular weight excluding hydrogens is 410 g/mol. The lowest BCUT2D eigenvalue weighted by Crippen LogP contribution is -2.61. The predicted octanol–water partition coefficient (Wildman–Crippen LogP) is 2.66. The van der Waals surface area contributed by atoms with Crippen molar-refractivity contribution in [3.8, 4) is 11.4 Å². The second kappa shape index (κ2) is 7.79. The molecule has 0 atom stereocenters. The van der Waals surface area contributed by atoms with Gasteiger partial charge in [-0.05, 0) is 19.1 Å². The maximum absolute atomic E-state index is 12.8. The fourth-order valence-electron chi connectivity index (χ4n) is 4.29. The average molecular weight is 435 g/mol. The molecule has 1 spiro atoms. The molecule has 0 aliphatic carbocycles. The third kappa shape index (κ3) is 3.32. The molecule has 2 N–H and O–H groups in total. The number of rotatable bonds is 4. The Labute approximate surface area is 185 Å². The number of nitrogens with one attached hydrogen (secondary N) is 2. The Morgan fingerprint density at radius 2 is 2.06 bits per heavy atom. The molecule has 3 aromatic rings. The number of imidazole rings is 1. The molecule has 5 rings (SSSR count). The number of fused-ring (bicyclic) bond motifs is 1. The van der Waals surface area contributed by atoms with E-state index < -0.39 is 5.54 Å². The number of amides is 1. The van der Waals surface area contributed by atoms with Crippen LogP contribution < -0.4 is 20.3 Å². The van der Waals surface area contributed by atoms with Gasteiger partial charge in [-0.2, -0.15) is 4.98 Å². The number of anilines is 4. The Morgan fingerprint density at radius 1 is 1.25 bits per heavy atom. The molecule has 0 unspecified atom stereocenters. The predicted molar refractivity (Wildman–Crippen MR) is 120 cm³/mol. The Bertz CT molecular complexity index is 1170. The molecule has 4 heterocycles. The second-order valence-corrected chi connectivity index (χ2v) is 8.02. The van der Waals surface area contributed by atoms with Gasteiger partial charge in [-0.3, -0.25) is 4.79 Å². The number of aryl methyl sites for hydroxylation is 1.